The number of halogens is 1. The molecule has 0 aliphatic heterocycles. The summed E-state index contributed by atoms with van der Waals surface area (Å²) in [7, 11) is 0. The van der Waals surface area contributed by atoms with Crippen molar-refractivity contribution in [3.05, 3.63) is 29.6 Å². The summed E-state index contributed by atoms with van der Waals surface area (Å²) in [5.74, 6) is 0.359. The Balaban J connectivity index is 3.01. The molecule has 2 unspecified atom stereocenters. The Labute approximate surface area is 102 Å². The number of hydrogen-bond acceptors (Lipinski definition) is 2. The van der Waals surface area contributed by atoms with Gasteiger partial charge in [-0.1, -0.05) is 32.9 Å². The van der Waals surface area contributed by atoms with Gasteiger partial charge in [0, 0.05) is 16.2 Å². The first-order valence-corrected chi connectivity index (χ1v) is 6.52. The molecular weight excluding hydrogens is 221 g/mol. The molecule has 0 fully saturated rings. The molecule has 0 saturated carbocycles. The maximum atomic E-state index is 13.8. The van der Waals surface area contributed by atoms with E-state index in [2.05, 4.69) is 20.8 Å². The van der Waals surface area contributed by atoms with Crippen molar-refractivity contribution in [2.75, 3.05) is 0 Å². The second-order valence-electron chi connectivity index (χ2n) is 4.51. The topological polar surface area (TPSA) is 26.0 Å². The van der Waals surface area contributed by atoms with E-state index in [4.69, 9.17) is 5.73 Å². The van der Waals surface area contributed by atoms with Gasteiger partial charge in [0.1, 0.15) is 5.82 Å². The third-order valence-electron chi connectivity index (χ3n) is 2.73. The summed E-state index contributed by atoms with van der Waals surface area (Å²) in [5.41, 5.74) is 6.76. The highest BCUT2D eigenvalue weighted by Crippen LogP contribution is 2.34. The van der Waals surface area contributed by atoms with Crippen molar-refractivity contribution in [3.63, 3.8) is 0 Å². The molecule has 1 aromatic rings. The van der Waals surface area contributed by atoms with E-state index in [1.807, 2.05) is 13.0 Å². The number of nitrogens with two attached hydrogens (primary N) is 1. The Morgan fingerprint density at radius 1 is 1.19 bits per heavy atom. The lowest BCUT2D eigenvalue weighted by atomic mass is 10.1. The average molecular weight is 241 g/mol. The largest absolute Gasteiger partial charge is 0.324 e. The maximum Gasteiger partial charge on any atom is 0.137 e. The fourth-order valence-corrected chi connectivity index (χ4v) is 2.54. The van der Waals surface area contributed by atoms with Gasteiger partial charge in [-0.2, -0.15) is 0 Å². The molecule has 90 valence electrons. The molecule has 3 heteroatoms. The minimum absolute atomic E-state index is 0.127. The van der Waals surface area contributed by atoms with Crippen LogP contribution in [0.25, 0.3) is 0 Å². The van der Waals surface area contributed by atoms with Crippen LogP contribution in [-0.4, -0.2) is 5.25 Å². The highest BCUT2D eigenvalue weighted by Gasteiger charge is 2.16. The summed E-state index contributed by atoms with van der Waals surface area (Å²) in [6.07, 6.45) is 0. The zero-order valence-corrected chi connectivity index (χ0v) is 11.1. The van der Waals surface area contributed by atoms with Gasteiger partial charge in [-0.25, -0.2) is 4.39 Å². The van der Waals surface area contributed by atoms with E-state index in [-0.39, 0.29) is 11.9 Å². The van der Waals surface area contributed by atoms with E-state index in [1.165, 1.54) is 6.07 Å². The molecule has 2 atom stereocenters. The van der Waals surface area contributed by atoms with Crippen LogP contribution in [0, 0.1) is 11.7 Å². The average Bonchev–Trinajstić information content (AvgIpc) is 2.20. The molecule has 1 aromatic carbocycles. The standard InChI is InChI=1S/C13H20FNS/c1-8(2)10(4)16-13-11(9(3)15)6-5-7-12(13)14/h5-10H,15H2,1-4H3. The molecule has 0 radical (unpaired) electrons. The third-order valence-corrected chi connectivity index (χ3v) is 4.31. The summed E-state index contributed by atoms with van der Waals surface area (Å²) < 4.78 is 13.8. The van der Waals surface area contributed by atoms with Crippen LogP contribution in [0.15, 0.2) is 23.1 Å². The minimum Gasteiger partial charge on any atom is -0.324 e. The molecule has 0 aromatic heterocycles. The Bertz CT molecular complexity index is 350. The van der Waals surface area contributed by atoms with Crippen LogP contribution >= 0.6 is 11.8 Å². The van der Waals surface area contributed by atoms with Crippen LogP contribution in [0.1, 0.15) is 39.3 Å². The van der Waals surface area contributed by atoms with E-state index in [1.54, 1.807) is 17.8 Å². The van der Waals surface area contributed by atoms with Gasteiger partial charge in [0.2, 0.25) is 0 Å². The van der Waals surface area contributed by atoms with Crippen LogP contribution in [0.3, 0.4) is 0 Å². The van der Waals surface area contributed by atoms with E-state index in [0.717, 1.165) is 5.56 Å². The van der Waals surface area contributed by atoms with Gasteiger partial charge in [0.05, 0.1) is 0 Å². The second-order valence-corrected chi connectivity index (χ2v) is 5.90. The van der Waals surface area contributed by atoms with Gasteiger partial charge in [0.25, 0.3) is 0 Å². The van der Waals surface area contributed by atoms with Crippen LogP contribution in [0.2, 0.25) is 0 Å². The quantitative estimate of drug-likeness (QED) is 0.807. The Hall–Kier alpha value is -0.540. The van der Waals surface area contributed by atoms with Crippen molar-refractivity contribution in [1.82, 2.24) is 0 Å². The predicted octanol–water partition coefficient (Wildman–Crippen LogP) is 3.98. The highest BCUT2D eigenvalue weighted by atomic mass is 32.2. The molecule has 0 aliphatic rings. The lowest BCUT2D eigenvalue weighted by molar-refractivity contribution is 0.587. The molecule has 0 heterocycles. The minimum atomic E-state index is -0.160. The second kappa shape index (κ2) is 5.69. The van der Waals surface area contributed by atoms with Crippen LogP contribution < -0.4 is 5.73 Å². The van der Waals surface area contributed by atoms with Gasteiger partial charge in [-0.15, -0.1) is 11.8 Å². The van der Waals surface area contributed by atoms with Crippen molar-refractivity contribution in [2.24, 2.45) is 11.7 Å². The van der Waals surface area contributed by atoms with E-state index < -0.39 is 0 Å². The van der Waals surface area contributed by atoms with E-state index in [9.17, 15) is 4.39 Å². The first-order valence-electron chi connectivity index (χ1n) is 5.64. The Morgan fingerprint density at radius 3 is 2.31 bits per heavy atom. The van der Waals surface area contributed by atoms with Gasteiger partial charge in [-0.3, -0.25) is 0 Å². The molecule has 0 amide bonds. The number of thioether (sulfide) groups is 1. The van der Waals surface area contributed by atoms with E-state index >= 15 is 0 Å². The van der Waals surface area contributed by atoms with Crippen molar-refractivity contribution >= 4 is 11.8 Å². The summed E-state index contributed by atoms with van der Waals surface area (Å²) in [6, 6.07) is 5.00. The summed E-state index contributed by atoms with van der Waals surface area (Å²) in [4.78, 5) is 0.707. The van der Waals surface area contributed by atoms with Gasteiger partial charge in [0.15, 0.2) is 0 Å². The Morgan fingerprint density at radius 2 is 1.81 bits per heavy atom. The molecule has 0 aliphatic carbocycles. The lowest BCUT2D eigenvalue weighted by Crippen LogP contribution is -2.11. The van der Waals surface area contributed by atoms with E-state index in [0.29, 0.717) is 16.1 Å². The normalized spacial score (nSPS) is 15.2. The number of rotatable bonds is 4. The summed E-state index contributed by atoms with van der Waals surface area (Å²) in [5, 5.41) is 0.384. The first-order chi connectivity index (χ1) is 7.43. The SMILES string of the molecule is CC(N)c1cccc(F)c1SC(C)C(C)C. The van der Waals surface area contributed by atoms with Gasteiger partial charge >= 0.3 is 0 Å². The number of benzene rings is 1. The van der Waals surface area contributed by atoms with Crippen molar-refractivity contribution in [3.8, 4) is 0 Å². The first kappa shape index (κ1) is 13.5. The maximum absolute atomic E-state index is 13.8. The smallest absolute Gasteiger partial charge is 0.137 e. The molecule has 0 saturated heterocycles. The summed E-state index contributed by atoms with van der Waals surface area (Å²) >= 11 is 1.58. The molecule has 16 heavy (non-hydrogen) atoms. The van der Waals surface area contributed by atoms with Gasteiger partial charge in [-0.05, 0) is 24.5 Å². The predicted molar refractivity (Wildman–Crippen MR) is 69.2 cm³/mol. The molecule has 0 spiro atoms. The molecule has 1 rings (SSSR count). The number of hydrogen-bond donors (Lipinski definition) is 1. The molecule has 2 N–H and O–H groups in total. The fraction of sp³-hybridized carbons (Fsp3) is 0.538. The third kappa shape index (κ3) is 3.22. The summed E-state index contributed by atoms with van der Waals surface area (Å²) in [6.45, 7) is 8.29. The van der Waals surface area contributed by atoms with Gasteiger partial charge < -0.3 is 5.73 Å². The molecule has 0 bridgehead atoms. The van der Waals surface area contributed by atoms with Crippen LogP contribution in [0.4, 0.5) is 4.39 Å². The fourth-order valence-electron chi connectivity index (χ4n) is 1.33. The zero-order chi connectivity index (χ0) is 12.3. The van der Waals surface area contributed by atoms with Crippen molar-refractivity contribution in [2.45, 2.75) is 43.9 Å². The highest BCUT2D eigenvalue weighted by molar-refractivity contribution is 8.00. The monoisotopic (exact) mass is 241 g/mol. The van der Waals surface area contributed by atoms with Crippen molar-refractivity contribution in [1.29, 1.82) is 0 Å². The van der Waals surface area contributed by atoms with Crippen LogP contribution in [-0.2, 0) is 0 Å². The molecule has 1 nitrogen and oxygen atoms in total. The lowest BCUT2D eigenvalue weighted by Gasteiger charge is -2.19. The van der Waals surface area contributed by atoms with Crippen LogP contribution in [0.5, 0.6) is 0 Å². The zero-order valence-electron chi connectivity index (χ0n) is 10.3. The van der Waals surface area contributed by atoms with Crippen molar-refractivity contribution < 1.29 is 4.39 Å². The molecular formula is C13H20FNS. The Kier molecular flexibility index (Phi) is 4.81.